The molecule has 0 aliphatic heterocycles. The molecule has 0 unspecified atom stereocenters. The summed E-state index contributed by atoms with van der Waals surface area (Å²) in [5.41, 5.74) is 3.19. The molecule has 2 aromatic heterocycles. The Bertz CT molecular complexity index is 1160. The van der Waals surface area contributed by atoms with E-state index in [1.165, 1.54) is 36.0 Å². The Balaban J connectivity index is 1.90. The van der Waals surface area contributed by atoms with Crippen LogP contribution in [0.1, 0.15) is 33.3 Å². The van der Waals surface area contributed by atoms with Crippen LogP contribution in [0.3, 0.4) is 0 Å². The van der Waals surface area contributed by atoms with E-state index >= 15 is 0 Å². The first-order valence-electron chi connectivity index (χ1n) is 9.48. The van der Waals surface area contributed by atoms with E-state index < -0.39 is 5.97 Å². The molecule has 31 heavy (non-hydrogen) atoms. The first-order valence-corrected chi connectivity index (χ1v) is 9.48. The molecular formula is C23H22N4O4. The molecule has 0 spiro atoms. The van der Waals surface area contributed by atoms with Gasteiger partial charge in [-0.3, -0.25) is 19.6 Å². The zero-order valence-corrected chi connectivity index (χ0v) is 17.7. The lowest BCUT2D eigenvalue weighted by molar-refractivity contribution is -0.116. The van der Waals surface area contributed by atoms with E-state index in [1.54, 1.807) is 43.6 Å². The molecule has 158 valence electrons. The second-order valence-corrected chi connectivity index (χ2v) is 7.02. The molecule has 8 heteroatoms. The van der Waals surface area contributed by atoms with Gasteiger partial charge in [-0.25, -0.2) is 4.79 Å². The lowest BCUT2D eigenvalue weighted by Crippen LogP contribution is -2.27. The Morgan fingerprint density at radius 2 is 1.68 bits per heavy atom. The van der Waals surface area contributed by atoms with Crippen molar-refractivity contribution in [2.75, 3.05) is 23.9 Å². The maximum atomic E-state index is 12.8. The lowest BCUT2D eigenvalue weighted by Gasteiger charge is -2.19. The molecule has 3 aromatic rings. The van der Waals surface area contributed by atoms with Crippen LogP contribution in [0, 0.1) is 6.92 Å². The summed E-state index contributed by atoms with van der Waals surface area (Å²) in [6.07, 6.45) is 3.12. The SMILES string of the molecule is CC(=O)N(C)c1ccc(-c2ccc(C(=O)N(C)c3cccnc3C)cn2)cc1C(=O)O. The minimum atomic E-state index is -1.15. The molecule has 0 aliphatic rings. The maximum absolute atomic E-state index is 12.8. The van der Waals surface area contributed by atoms with Crippen LogP contribution in [-0.2, 0) is 4.79 Å². The average Bonchev–Trinajstić information content (AvgIpc) is 2.77. The summed E-state index contributed by atoms with van der Waals surface area (Å²) in [4.78, 5) is 47.5. The largest absolute Gasteiger partial charge is 0.478 e. The molecule has 0 fully saturated rings. The molecule has 0 saturated carbocycles. The summed E-state index contributed by atoms with van der Waals surface area (Å²) < 4.78 is 0. The van der Waals surface area contributed by atoms with Gasteiger partial charge in [0.2, 0.25) is 5.91 Å². The molecule has 1 aromatic carbocycles. The van der Waals surface area contributed by atoms with Crippen LogP contribution in [0.5, 0.6) is 0 Å². The summed E-state index contributed by atoms with van der Waals surface area (Å²) in [6.45, 7) is 3.19. The molecule has 2 heterocycles. The smallest absolute Gasteiger partial charge is 0.337 e. The summed E-state index contributed by atoms with van der Waals surface area (Å²) in [7, 11) is 3.19. The third-order valence-electron chi connectivity index (χ3n) is 5.01. The van der Waals surface area contributed by atoms with Crippen LogP contribution >= 0.6 is 0 Å². The van der Waals surface area contributed by atoms with Gasteiger partial charge >= 0.3 is 5.97 Å². The first-order chi connectivity index (χ1) is 14.7. The van der Waals surface area contributed by atoms with Crippen molar-refractivity contribution in [3.05, 3.63) is 71.7 Å². The zero-order valence-electron chi connectivity index (χ0n) is 17.7. The van der Waals surface area contributed by atoms with Gasteiger partial charge in [0.25, 0.3) is 5.91 Å². The van der Waals surface area contributed by atoms with Gasteiger partial charge in [-0.05, 0) is 43.3 Å². The van der Waals surface area contributed by atoms with Crippen LogP contribution in [-0.4, -0.2) is 47.0 Å². The number of carbonyl (C=O) groups excluding carboxylic acids is 2. The van der Waals surface area contributed by atoms with Gasteiger partial charge in [-0.2, -0.15) is 0 Å². The Labute approximate surface area is 179 Å². The number of carbonyl (C=O) groups is 3. The van der Waals surface area contributed by atoms with E-state index in [0.29, 0.717) is 28.2 Å². The van der Waals surface area contributed by atoms with Crippen molar-refractivity contribution in [2.24, 2.45) is 0 Å². The second-order valence-electron chi connectivity index (χ2n) is 7.02. The van der Waals surface area contributed by atoms with Gasteiger partial charge in [0, 0.05) is 39.0 Å². The van der Waals surface area contributed by atoms with E-state index in [1.807, 2.05) is 13.0 Å². The maximum Gasteiger partial charge on any atom is 0.337 e. The highest BCUT2D eigenvalue weighted by atomic mass is 16.4. The number of aromatic nitrogens is 2. The van der Waals surface area contributed by atoms with Gasteiger partial charge in [0.05, 0.1) is 33.9 Å². The third-order valence-corrected chi connectivity index (χ3v) is 5.01. The van der Waals surface area contributed by atoms with Crippen molar-refractivity contribution < 1.29 is 19.5 Å². The minimum absolute atomic E-state index is 0.0102. The number of aromatic carboxylic acids is 1. The van der Waals surface area contributed by atoms with Gasteiger partial charge in [0.15, 0.2) is 0 Å². The van der Waals surface area contributed by atoms with Crippen LogP contribution in [0.25, 0.3) is 11.3 Å². The Morgan fingerprint density at radius 3 is 2.26 bits per heavy atom. The molecule has 0 radical (unpaired) electrons. The number of anilines is 2. The molecule has 2 amide bonds. The van der Waals surface area contributed by atoms with Crippen molar-refractivity contribution in [1.29, 1.82) is 0 Å². The van der Waals surface area contributed by atoms with Crippen LogP contribution in [0.15, 0.2) is 54.9 Å². The van der Waals surface area contributed by atoms with E-state index in [4.69, 9.17) is 0 Å². The fraction of sp³-hybridized carbons (Fsp3) is 0.174. The quantitative estimate of drug-likeness (QED) is 0.681. The number of hydrogen-bond acceptors (Lipinski definition) is 5. The fourth-order valence-electron chi connectivity index (χ4n) is 3.15. The molecule has 0 bridgehead atoms. The number of nitrogens with zero attached hydrogens (tertiary/aromatic N) is 4. The predicted molar refractivity (Wildman–Crippen MR) is 117 cm³/mol. The summed E-state index contributed by atoms with van der Waals surface area (Å²) in [5.74, 6) is -1.66. The van der Waals surface area contributed by atoms with Crippen molar-refractivity contribution >= 4 is 29.2 Å². The molecule has 0 saturated heterocycles. The number of amides is 2. The van der Waals surface area contributed by atoms with Gasteiger partial charge < -0.3 is 14.9 Å². The number of carboxylic acid groups (broad SMARTS) is 1. The topological polar surface area (TPSA) is 104 Å². The summed E-state index contributed by atoms with van der Waals surface area (Å²) in [6, 6.07) is 11.6. The van der Waals surface area contributed by atoms with E-state index in [-0.39, 0.29) is 17.4 Å². The lowest BCUT2D eigenvalue weighted by atomic mass is 10.0. The second kappa shape index (κ2) is 8.74. The first kappa shape index (κ1) is 21.6. The number of carboxylic acids is 1. The number of benzene rings is 1. The average molecular weight is 418 g/mol. The molecule has 3 rings (SSSR count). The summed E-state index contributed by atoms with van der Waals surface area (Å²) in [5, 5.41) is 9.56. The Morgan fingerprint density at radius 1 is 0.935 bits per heavy atom. The standard InChI is InChI=1S/C23H22N4O4/c1-14-20(6-5-11-24-14)27(4)22(29)17-7-9-19(25-13-17)16-8-10-21(26(3)15(2)28)18(12-16)23(30)31/h5-13H,1-4H3,(H,30,31). The van der Waals surface area contributed by atoms with Crippen LogP contribution < -0.4 is 9.80 Å². The van der Waals surface area contributed by atoms with Gasteiger partial charge in [-0.1, -0.05) is 6.07 Å². The van der Waals surface area contributed by atoms with Crippen molar-refractivity contribution in [1.82, 2.24) is 9.97 Å². The Kier molecular flexibility index (Phi) is 6.10. The van der Waals surface area contributed by atoms with E-state index in [9.17, 15) is 19.5 Å². The number of hydrogen-bond donors (Lipinski definition) is 1. The van der Waals surface area contributed by atoms with Crippen molar-refractivity contribution in [2.45, 2.75) is 13.8 Å². The van der Waals surface area contributed by atoms with E-state index in [2.05, 4.69) is 9.97 Å². The van der Waals surface area contributed by atoms with Gasteiger partial charge in [-0.15, -0.1) is 0 Å². The highest BCUT2D eigenvalue weighted by Crippen LogP contribution is 2.27. The van der Waals surface area contributed by atoms with Gasteiger partial charge in [0.1, 0.15) is 0 Å². The highest BCUT2D eigenvalue weighted by Gasteiger charge is 2.19. The van der Waals surface area contributed by atoms with Crippen molar-refractivity contribution in [3.63, 3.8) is 0 Å². The third kappa shape index (κ3) is 4.42. The monoisotopic (exact) mass is 418 g/mol. The van der Waals surface area contributed by atoms with E-state index in [0.717, 1.165) is 5.69 Å². The number of aryl methyl sites for hydroxylation is 1. The fourth-order valence-corrected chi connectivity index (χ4v) is 3.15. The normalized spacial score (nSPS) is 10.5. The minimum Gasteiger partial charge on any atom is -0.478 e. The highest BCUT2D eigenvalue weighted by molar-refractivity contribution is 6.06. The van der Waals surface area contributed by atoms with Crippen LogP contribution in [0.2, 0.25) is 0 Å². The summed E-state index contributed by atoms with van der Waals surface area (Å²) >= 11 is 0. The van der Waals surface area contributed by atoms with Crippen molar-refractivity contribution in [3.8, 4) is 11.3 Å². The Hall–Kier alpha value is -4.07. The molecule has 0 atom stereocenters. The van der Waals surface area contributed by atoms with Crippen LogP contribution in [0.4, 0.5) is 11.4 Å². The number of pyridine rings is 2. The molecule has 1 N–H and O–H groups in total. The molecule has 0 aliphatic carbocycles. The zero-order chi connectivity index (χ0) is 22.7. The molecule has 8 nitrogen and oxygen atoms in total. The predicted octanol–water partition coefficient (Wildman–Crippen LogP) is 3.41. The number of rotatable bonds is 5. The molecular weight excluding hydrogens is 396 g/mol.